The average molecular weight is 251 g/mol. The van der Waals surface area contributed by atoms with Gasteiger partial charge in [-0.25, -0.2) is 8.78 Å². The van der Waals surface area contributed by atoms with Crippen molar-refractivity contribution in [1.82, 2.24) is 0 Å². The summed E-state index contributed by atoms with van der Waals surface area (Å²) < 4.78 is 63.5. The van der Waals surface area contributed by atoms with Crippen molar-refractivity contribution in [1.29, 1.82) is 0 Å². The topological polar surface area (TPSA) is 3.24 Å². The van der Waals surface area contributed by atoms with Crippen molar-refractivity contribution in [3.8, 4) is 0 Å². The van der Waals surface area contributed by atoms with E-state index in [1.54, 1.807) is 4.90 Å². The molecule has 0 amide bonds. The molecule has 1 aromatic carbocycles. The van der Waals surface area contributed by atoms with Gasteiger partial charge in [-0.2, -0.15) is 13.2 Å². The lowest BCUT2D eigenvalue weighted by atomic mass is 10.1. The number of hydrogen-bond acceptors (Lipinski definition) is 1. The van der Waals surface area contributed by atoms with E-state index in [1.807, 2.05) is 0 Å². The second kappa shape index (κ2) is 4.16. The molecule has 1 nitrogen and oxygen atoms in total. The number of hydrogen-bond donors (Lipinski definition) is 0. The first-order valence-electron chi connectivity index (χ1n) is 5.21. The minimum atomic E-state index is -5.00. The van der Waals surface area contributed by atoms with E-state index in [0.717, 1.165) is 25.0 Å². The minimum absolute atomic E-state index is 0.172. The number of rotatable bonds is 1. The summed E-state index contributed by atoms with van der Waals surface area (Å²) in [7, 11) is 0. The summed E-state index contributed by atoms with van der Waals surface area (Å²) in [6.07, 6.45) is -3.24. The highest BCUT2D eigenvalue weighted by Crippen LogP contribution is 2.36. The van der Waals surface area contributed by atoms with E-state index in [0.29, 0.717) is 13.1 Å². The maximum Gasteiger partial charge on any atom is 0.422 e. The van der Waals surface area contributed by atoms with Crippen LogP contribution in [0.15, 0.2) is 12.1 Å². The third kappa shape index (κ3) is 2.35. The van der Waals surface area contributed by atoms with Crippen LogP contribution in [0.1, 0.15) is 18.4 Å². The van der Waals surface area contributed by atoms with Gasteiger partial charge in [0, 0.05) is 18.8 Å². The van der Waals surface area contributed by atoms with Gasteiger partial charge in [0.2, 0.25) is 0 Å². The highest BCUT2D eigenvalue weighted by atomic mass is 19.4. The average Bonchev–Trinajstić information content (AvgIpc) is 2.66. The Morgan fingerprint density at radius 3 is 1.82 bits per heavy atom. The van der Waals surface area contributed by atoms with Crippen LogP contribution < -0.4 is 4.90 Å². The van der Waals surface area contributed by atoms with Gasteiger partial charge in [-0.15, -0.1) is 0 Å². The zero-order valence-electron chi connectivity index (χ0n) is 8.82. The van der Waals surface area contributed by atoms with Crippen LogP contribution in [0.5, 0.6) is 0 Å². The molecule has 1 aliphatic rings. The maximum atomic E-state index is 13.3. The number of benzene rings is 1. The summed E-state index contributed by atoms with van der Waals surface area (Å²) in [5.41, 5.74) is -1.65. The molecule has 0 radical (unpaired) electrons. The molecule has 0 unspecified atom stereocenters. The quantitative estimate of drug-likeness (QED) is 0.689. The minimum Gasteiger partial charge on any atom is -0.371 e. The summed E-state index contributed by atoms with van der Waals surface area (Å²) >= 11 is 0. The van der Waals surface area contributed by atoms with Gasteiger partial charge < -0.3 is 4.90 Å². The van der Waals surface area contributed by atoms with Crippen molar-refractivity contribution in [3.05, 3.63) is 29.3 Å². The Balaban J connectivity index is 2.41. The van der Waals surface area contributed by atoms with E-state index in [9.17, 15) is 22.0 Å². The van der Waals surface area contributed by atoms with E-state index in [2.05, 4.69) is 0 Å². The molecule has 1 aliphatic heterocycles. The second-order valence-electron chi connectivity index (χ2n) is 3.98. The SMILES string of the molecule is Fc1cc(N2CCCC2)cc(F)c1C(F)(F)F. The molecule has 1 saturated heterocycles. The molecule has 0 atom stereocenters. The predicted octanol–water partition coefficient (Wildman–Crippen LogP) is 3.58. The monoisotopic (exact) mass is 251 g/mol. The smallest absolute Gasteiger partial charge is 0.371 e. The molecule has 94 valence electrons. The van der Waals surface area contributed by atoms with Crippen molar-refractivity contribution in [2.24, 2.45) is 0 Å². The van der Waals surface area contributed by atoms with Crippen LogP contribution in [0.25, 0.3) is 0 Å². The van der Waals surface area contributed by atoms with Crippen molar-refractivity contribution >= 4 is 5.69 Å². The van der Waals surface area contributed by atoms with Gasteiger partial charge in [0.05, 0.1) is 0 Å². The van der Waals surface area contributed by atoms with Crippen molar-refractivity contribution in [3.63, 3.8) is 0 Å². The lowest BCUT2D eigenvalue weighted by Gasteiger charge is -2.19. The fourth-order valence-electron chi connectivity index (χ4n) is 1.99. The largest absolute Gasteiger partial charge is 0.422 e. The summed E-state index contributed by atoms with van der Waals surface area (Å²) in [6, 6.07) is 1.49. The van der Waals surface area contributed by atoms with E-state index in [-0.39, 0.29) is 5.69 Å². The van der Waals surface area contributed by atoms with E-state index in [1.165, 1.54) is 0 Å². The van der Waals surface area contributed by atoms with Gasteiger partial charge in [0.15, 0.2) is 0 Å². The van der Waals surface area contributed by atoms with Gasteiger partial charge in [-0.1, -0.05) is 0 Å². The van der Waals surface area contributed by atoms with Gasteiger partial charge >= 0.3 is 6.18 Å². The third-order valence-corrected chi connectivity index (χ3v) is 2.78. The first-order valence-corrected chi connectivity index (χ1v) is 5.21. The Bertz CT molecular complexity index is 397. The first kappa shape index (κ1) is 12.1. The number of halogens is 5. The molecule has 17 heavy (non-hydrogen) atoms. The number of anilines is 1. The van der Waals surface area contributed by atoms with Gasteiger partial charge in [-0.3, -0.25) is 0 Å². The van der Waals surface area contributed by atoms with Gasteiger partial charge in [0.25, 0.3) is 0 Å². The summed E-state index contributed by atoms with van der Waals surface area (Å²) in [6.45, 7) is 1.23. The van der Waals surface area contributed by atoms with E-state index < -0.39 is 23.4 Å². The molecule has 0 aromatic heterocycles. The van der Waals surface area contributed by atoms with Gasteiger partial charge in [0.1, 0.15) is 17.2 Å². The molecule has 0 N–H and O–H groups in total. The zero-order chi connectivity index (χ0) is 12.6. The van der Waals surface area contributed by atoms with Gasteiger partial charge in [-0.05, 0) is 25.0 Å². The van der Waals surface area contributed by atoms with E-state index >= 15 is 0 Å². The highest BCUT2D eigenvalue weighted by molar-refractivity contribution is 5.50. The first-order chi connectivity index (χ1) is 7.89. The van der Waals surface area contributed by atoms with Crippen LogP contribution in [-0.2, 0) is 6.18 Å². The normalized spacial score (nSPS) is 16.6. The Morgan fingerprint density at radius 1 is 0.941 bits per heavy atom. The van der Waals surface area contributed by atoms with Crippen LogP contribution in [0.3, 0.4) is 0 Å². The highest BCUT2D eigenvalue weighted by Gasteiger charge is 2.38. The van der Waals surface area contributed by atoms with Crippen LogP contribution in [0.2, 0.25) is 0 Å². The fourth-order valence-corrected chi connectivity index (χ4v) is 1.99. The fraction of sp³-hybridized carbons (Fsp3) is 0.455. The Hall–Kier alpha value is -1.33. The van der Waals surface area contributed by atoms with Crippen LogP contribution in [0.4, 0.5) is 27.6 Å². The Kier molecular flexibility index (Phi) is 2.97. The second-order valence-corrected chi connectivity index (χ2v) is 3.98. The molecule has 1 fully saturated rings. The summed E-state index contributed by atoms with van der Waals surface area (Å²) in [5.74, 6) is -3.11. The molecule has 0 spiro atoms. The number of nitrogens with zero attached hydrogens (tertiary/aromatic N) is 1. The van der Waals surface area contributed by atoms with Crippen molar-refractivity contribution < 1.29 is 22.0 Å². The van der Waals surface area contributed by atoms with Crippen LogP contribution in [0, 0.1) is 11.6 Å². The molecule has 6 heteroatoms. The molecule has 1 heterocycles. The molecular formula is C11H10F5N. The summed E-state index contributed by atoms with van der Waals surface area (Å²) in [4.78, 5) is 1.67. The Morgan fingerprint density at radius 2 is 1.41 bits per heavy atom. The molecule has 0 saturated carbocycles. The molecule has 1 aromatic rings. The molecule has 2 rings (SSSR count). The lowest BCUT2D eigenvalue weighted by molar-refractivity contribution is -0.142. The zero-order valence-corrected chi connectivity index (χ0v) is 8.82. The van der Waals surface area contributed by atoms with Crippen LogP contribution in [-0.4, -0.2) is 13.1 Å². The molecular weight excluding hydrogens is 241 g/mol. The molecule has 0 aliphatic carbocycles. The van der Waals surface area contributed by atoms with Crippen molar-refractivity contribution in [2.45, 2.75) is 19.0 Å². The predicted molar refractivity (Wildman–Crippen MR) is 52.8 cm³/mol. The van der Waals surface area contributed by atoms with Crippen molar-refractivity contribution in [2.75, 3.05) is 18.0 Å². The standard InChI is InChI=1S/C11H10F5N/c12-8-5-7(17-3-1-2-4-17)6-9(13)10(8)11(14,15)16/h5-6H,1-4H2. The lowest BCUT2D eigenvalue weighted by Crippen LogP contribution is -2.19. The number of alkyl halides is 3. The van der Waals surface area contributed by atoms with E-state index in [4.69, 9.17) is 0 Å². The maximum absolute atomic E-state index is 13.3. The summed E-state index contributed by atoms with van der Waals surface area (Å²) in [5, 5.41) is 0. The Labute approximate surface area is 94.8 Å². The third-order valence-electron chi connectivity index (χ3n) is 2.78. The molecule has 0 bridgehead atoms. The van der Waals surface area contributed by atoms with Crippen LogP contribution >= 0.6 is 0 Å².